The number of carbonyl (C=O) groups excluding carboxylic acids is 3. The summed E-state index contributed by atoms with van der Waals surface area (Å²) >= 11 is 0. The standard InChI is InChI=1S/C23H16N2O4/c24-14-16-7-6-10-18(13-16)25-21(26)15-29-23(28)20-12-5-4-11-19(20)22(27)17-8-2-1-3-9-17/h1-13H,15H2,(H,25,26). The van der Waals surface area contributed by atoms with Gasteiger partial charge >= 0.3 is 5.97 Å². The first-order chi connectivity index (χ1) is 14.1. The highest BCUT2D eigenvalue weighted by Crippen LogP contribution is 2.16. The van der Waals surface area contributed by atoms with E-state index in [0.717, 1.165) is 0 Å². The molecule has 0 heterocycles. The van der Waals surface area contributed by atoms with E-state index in [1.165, 1.54) is 12.1 Å². The van der Waals surface area contributed by atoms with E-state index >= 15 is 0 Å². The number of benzene rings is 3. The zero-order chi connectivity index (χ0) is 20.6. The van der Waals surface area contributed by atoms with Crippen LogP contribution in [-0.4, -0.2) is 24.3 Å². The molecule has 0 aliphatic rings. The van der Waals surface area contributed by atoms with Gasteiger partial charge in [-0.25, -0.2) is 4.79 Å². The smallest absolute Gasteiger partial charge is 0.339 e. The van der Waals surface area contributed by atoms with Crippen molar-refractivity contribution in [3.63, 3.8) is 0 Å². The van der Waals surface area contributed by atoms with E-state index in [-0.39, 0.29) is 16.9 Å². The summed E-state index contributed by atoms with van der Waals surface area (Å²) in [4.78, 5) is 37.2. The van der Waals surface area contributed by atoms with Crippen LogP contribution >= 0.6 is 0 Å². The maximum atomic E-state index is 12.7. The molecule has 6 heteroatoms. The number of rotatable bonds is 6. The number of ketones is 1. The van der Waals surface area contributed by atoms with Crippen molar-refractivity contribution in [1.82, 2.24) is 0 Å². The second-order valence-corrected chi connectivity index (χ2v) is 6.06. The van der Waals surface area contributed by atoms with E-state index in [4.69, 9.17) is 10.00 Å². The summed E-state index contributed by atoms with van der Waals surface area (Å²) in [5.74, 6) is -1.64. The first-order valence-electron chi connectivity index (χ1n) is 8.74. The fourth-order valence-corrected chi connectivity index (χ4v) is 2.68. The Labute approximate surface area is 167 Å². The van der Waals surface area contributed by atoms with Gasteiger partial charge < -0.3 is 10.1 Å². The Morgan fingerprint density at radius 2 is 1.55 bits per heavy atom. The number of esters is 1. The molecule has 3 aromatic carbocycles. The van der Waals surface area contributed by atoms with E-state index in [1.807, 2.05) is 6.07 Å². The maximum absolute atomic E-state index is 12.7. The highest BCUT2D eigenvalue weighted by atomic mass is 16.5. The minimum absolute atomic E-state index is 0.0839. The van der Waals surface area contributed by atoms with Crippen LogP contribution in [0, 0.1) is 11.3 Å². The molecule has 0 radical (unpaired) electrons. The molecule has 0 fully saturated rings. The SMILES string of the molecule is N#Cc1cccc(NC(=O)COC(=O)c2ccccc2C(=O)c2ccccc2)c1. The molecule has 0 atom stereocenters. The minimum atomic E-state index is -0.772. The lowest BCUT2D eigenvalue weighted by Gasteiger charge is -2.10. The van der Waals surface area contributed by atoms with Gasteiger partial charge in [-0.15, -0.1) is 0 Å². The van der Waals surface area contributed by atoms with Crippen molar-refractivity contribution in [2.24, 2.45) is 0 Å². The first kappa shape index (κ1) is 19.5. The predicted molar refractivity (Wildman–Crippen MR) is 106 cm³/mol. The van der Waals surface area contributed by atoms with E-state index in [2.05, 4.69) is 5.32 Å². The summed E-state index contributed by atoms with van der Waals surface area (Å²) < 4.78 is 5.08. The Morgan fingerprint density at radius 3 is 2.28 bits per heavy atom. The van der Waals surface area contributed by atoms with Crippen LogP contribution in [0.25, 0.3) is 0 Å². The van der Waals surface area contributed by atoms with Crippen LogP contribution in [0.5, 0.6) is 0 Å². The number of nitrogens with zero attached hydrogens (tertiary/aromatic N) is 1. The average Bonchev–Trinajstić information content (AvgIpc) is 2.77. The van der Waals surface area contributed by atoms with Gasteiger partial charge in [-0.1, -0.05) is 54.6 Å². The van der Waals surface area contributed by atoms with E-state index < -0.39 is 18.5 Å². The molecule has 0 spiro atoms. The van der Waals surface area contributed by atoms with Crippen LogP contribution in [-0.2, 0) is 9.53 Å². The number of anilines is 1. The molecule has 142 valence electrons. The molecule has 0 aliphatic carbocycles. The molecule has 3 rings (SSSR count). The summed E-state index contributed by atoms with van der Waals surface area (Å²) in [6.07, 6.45) is 0. The van der Waals surface area contributed by atoms with Gasteiger partial charge in [0.25, 0.3) is 5.91 Å². The van der Waals surface area contributed by atoms with Crippen molar-refractivity contribution in [3.8, 4) is 6.07 Å². The summed E-state index contributed by atoms with van der Waals surface area (Å²) in [6.45, 7) is -0.524. The van der Waals surface area contributed by atoms with Gasteiger partial charge in [-0.05, 0) is 24.3 Å². The second kappa shape index (κ2) is 9.11. The third-order valence-electron chi connectivity index (χ3n) is 4.04. The molecule has 6 nitrogen and oxygen atoms in total. The number of amides is 1. The second-order valence-electron chi connectivity index (χ2n) is 6.06. The van der Waals surface area contributed by atoms with Crippen molar-refractivity contribution < 1.29 is 19.1 Å². The largest absolute Gasteiger partial charge is 0.452 e. The van der Waals surface area contributed by atoms with Gasteiger partial charge in [0.05, 0.1) is 17.2 Å². The molecule has 0 bridgehead atoms. The van der Waals surface area contributed by atoms with Gasteiger partial charge in [0.2, 0.25) is 0 Å². The van der Waals surface area contributed by atoms with Crippen LogP contribution in [0.3, 0.4) is 0 Å². The van der Waals surface area contributed by atoms with E-state index in [1.54, 1.807) is 66.7 Å². The summed E-state index contributed by atoms with van der Waals surface area (Å²) in [6, 6.07) is 23.2. The Hall–Kier alpha value is -4.24. The monoisotopic (exact) mass is 384 g/mol. The number of nitrogens with one attached hydrogen (secondary N) is 1. The highest BCUT2D eigenvalue weighted by Gasteiger charge is 2.19. The van der Waals surface area contributed by atoms with Gasteiger partial charge in [0.1, 0.15) is 0 Å². The fraction of sp³-hybridized carbons (Fsp3) is 0.0435. The third-order valence-corrected chi connectivity index (χ3v) is 4.04. The lowest BCUT2D eigenvalue weighted by molar-refractivity contribution is -0.119. The van der Waals surface area contributed by atoms with Crippen LogP contribution in [0.15, 0.2) is 78.9 Å². The minimum Gasteiger partial charge on any atom is -0.452 e. The fourth-order valence-electron chi connectivity index (χ4n) is 2.68. The number of carbonyl (C=O) groups is 3. The third kappa shape index (κ3) is 4.93. The Bertz CT molecular complexity index is 1100. The van der Waals surface area contributed by atoms with Crippen LogP contribution in [0.1, 0.15) is 31.8 Å². The Morgan fingerprint density at radius 1 is 0.862 bits per heavy atom. The zero-order valence-corrected chi connectivity index (χ0v) is 15.3. The normalized spacial score (nSPS) is 9.90. The first-order valence-corrected chi connectivity index (χ1v) is 8.74. The van der Waals surface area contributed by atoms with Crippen LogP contribution < -0.4 is 5.32 Å². The summed E-state index contributed by atoms with van der Waals surface area (Å²) in [5.41, 5.74) is 1.55. The summed E-state index contributed by atoms with van der Waals surface area (Å²) in [5, 5.41) is 11.4. The average molecular weight is 384 g/mol. The molecule has 0 saturated heterocycles. The van der Waals surface area contributed by atoms with Crippen LogP contribution in [0.2, 0.25) is 0 Å². The number of ether oxygens (including phenoxy) is 1. The molecule has 0 saturated carbocycles. The lowest BCUT2D eigenvalue weighted by Crippen LogP contribution is -2.22. The Kier molecular flexibility index (Phi) is 6.13. The van der Waals surface area contributed by atoms with E-state index in [9.17, 15) is 14.4 Å². The van der Waals surface area contributed by atoms with Gasteiger partial charge in [0, 0.05) is 16.8 Å². The maximum Gasteiger partial charge on any atom is 0.339 e. The molecule has 29 heavy (non-hydrogen) atoms. The van der Waals surface area contributed by atoms with Crippen molar-refractivity contribution in [2.45, 2.75) is 0 Å². The molecule has 1 amide bonds. The number of nitriles is 1. The van der Waals surface area contributed by atoms with E-state index in [0.29, 0.717) is 16.8 Å². The van der Waals surface area contributed by atoms with Crippen molar-refractivity contribution >= 4 is 23.3 Å². The van der Waals surface area contributed by atoms with Crippen LogP contribution in [0.4, 0.5) is 5.69 Å². The van der Waals surface area contributed by atoms with Crippen molar-refractivity contribution in [1.29, 1.82) is 5.26 Å². The van der Waals surface area contributed by atoms with Gasteiger partial charge in [0.15, 0.2) is 12.4 Å². The quantitative estimate of drug-likeness (QED) is 0.518. The summed E-state index contributed by atoms with van der Waals surface area (Å²) in [7, 11) is 0. The van der Waals surface area contributed by atoms with Gasteiger partial charge in [-0.3, -0.25) is 9.59 Å². The molecule has 1 N–H and O–H groups in total. The molecule has 0 unspecified atom stereocenters. The molecule has 0 aliphatic heterocycles. The number of hydrogen-bond acceptors (Lipinski definition) is 5. The highest BCUT2D eigenvalue weighted by molar-refractivity contribution is 6.14. The Balaban J connectivity index is 1.67. The van der Waals surface area contributed by atoms with Gasteiger partial charge in [-0.2, -0.15) is 5.26 Å². The molecule has 3 aromatic rings. The number of hydrogen-bond donors (Lipinski definition) is 1. The predicted octanol–water partition coefficient (Wildman–Crippen LogP) is 3.58. The zero-order valence-electron chi connectivity index (χ0n) is 15.3. The lowest BCUT2D eigenvalue weighted by atomic mass is 9.98. The molecular weight excluding hydrogens is 368 g/mol. The molecule has 0 aromatic heterocycles. The van der Waals surface area contributed by atoms with Crippen molar-refractivity contribution in [3.05, 3.63) is 101 Å². The molecular formula is C23H16N2O4. The van der Waals surface area contributed by atoms with Crippen molar-refractivity contribution in [2.75, 3.05) is 11.9 Å². The topological polar surface area (TPSA) is 96.3 Å².